The number of amides is 1. The van der Waals surface area contributed by atoms with Crippen LogP contribution in [0.3, 0.4) is 0 Å². The molecule has 0 saturated carbocycles. The van der Waals surface area contributed by atoms with Gasteiger partial charge < -0.3 is 15.0 Å². The highest BCUT2D eigenvalue weighted by Gasteiger charge is 2.23. The summed E-state index contributed by atoms with van der Waals surface area (Å²) in [7, 11) is 1.40. The van der Waals surface area contributed by atoms with E-state index in [-0.39, 0.29) is 29.7 Å². The average Bonchev–Trinajstić information content (AvgIpc) is 3.31. The molecule has 9 nitrogen and oxygen atoms in total. The lowest BCUT2D eigenvalue weighted by molar-refractivity contribution is -0.120. The number of halogens is 1. The van der Waals surface area contributed by atoms with Crippen molar-refractivity contribution in [2.24, 2.45) is 0 Å². The summed E-state index contributed by atoms with van der Waals surface area (Å²) in [4.78, 5) is 28.6. The van der Waals surface area contributed by atoms with Gasteiger partial charge >= 0.3 is 0 Å². The molecule has 0 aliphatic heterocycles. The van der Waals surface area contributed by atoms with Gasteiger partial charge in [-0.2, -0.15) is 8.42 Å². The number of fused-ring (bicyclic) bond motifs is 2. The van der Waals surface area contributed by atoms with Crippen LogP contribution in [-0.2, 0) is 25.5 Å². The third kappa shape index (κ3) is 6.89. The molecule has 0 aliphatic rings. The number of aromatic nitrogens is 1. The van der Waals surface area contributed by atoms with E-state index in [1.54, 1.807) is 60.2 Å². The number of carbonyl (C=O) groups excluding carboxylic acids is 2. The predicted octanol–water partition coefficient (Wildman–Crippen LogP) is 6.36. The van der Waals surface area contributed by atoms with Crippen molar-refractivity contribution in [1.29, 1.82) is 0 Å². The number of benzene rings is 4. The fourth-order valence-electron chi connectivity index (χ4n) is 5.58. The SMILES string of the molecule is COc1ccc2c(c1)c(CC(=O)NCCCCOS(=O)(=O)c1cccc3c(N(C)C)cccc13)c(C)n2C(=O)c1ccc(Cl)cc1. The summed E-state index contributed by atoms with van der Waals surface area (Å²) >= 11 is 6.02. The number of carbonyl (C=O) groups is 2. The van der Waals surface area contributed by atoms with Crippen LogP contribution < -0.4 is 15.0 Å². The van der Waals surface area contributed by atoms with Crippen LogP contribution >= 0.6 is 11.6 Å². The van der Waals surface area contributed by atoms with E-state index in [4.69, 9.17) is 20.5 Å². The summed E-state index contributed by atoms with van der Waals surface area (Å²) in [6.07, 6.45) is 1.00. The Kier molecular flexibility index (Phi) is 10.0. The molecule has 1 heterocycles. The van der Waals surface area contributed by atoms with E-state index in [0.717, 1.165) is 22.0 Å². The fraction of sp³-hybridized carbons (Fsp3) is 0.257. The molecule has 5 aromatic rings. The monoisotopic (exact) mass is 661 g/mol. The molecule has 4 aromatic carbocycles. The van der Waals surface area contributed by atoms with Gasteiger partial charge in [0, 0.05) is 58.8 Å². The molecule has 5 rings (SSSR count). The molecule has 1 aromatic heterocycles. The van der Waals surface area contributed by atoms with E-state index >= 15 is 0 Å². The summed E-state index contributed by atoms with van der Waals surface area (Å²) in [5.74, 6) is 0.166. The van der Waals surface area contributed by atoms with Gasteiger partial charge in [-0.15, -0.1) is 0 Å². The molecule has 240 valence electrons. The zero-order chi connectivity index (χ0) is 33.0. The van der Waals surface area contributed by atoms with E-state index in [1.807, 2.05) is 56.3 Å². The zero-order valence-electron chi connectivity index (χ0n) is 26.2. The lowest BCUT2D eigenvalue weighted by Gasteiger charge is -2.16. The van der Waals surface area contributed by atoms with Crippen molar-refractivity contribution in [1.82, 2.24) is 9.88 Å². The van der Waals surface area contributed by atoms with Gasteiger partial charge in [0.2, 0.25) is 5.91 Å². The highest BCUT2D eigenvalue weighted by atomic mass is 35.5. The van der Waals surface area contributed by atoms with Crippen LogP contribution in [0.15, 0.2) is 83.8 Å². The van der Waals surface area contributed by atoms with Crippen LogP contribution in [0.25, 0.3) is 21.7 Å². The van der Waals surface area contributed by atoms with Gasteiger partial charge in [-0.25, -0.2) is 0 Å². The van der Waals surface area contributed by atoms with Crippen molar-refractivity contribution >= 4 is 60.9 Å². The molecule has 0 atom stereocenters. The van der Waals surface area contributed by atoms with Crippen molar-refractivity contribution in [3.63, 3.8) is 0 Å². The van der Waals surface area contributed by atoms with Gasteiger partial charge in [0.05, 0.1) is 25.7 Å². The minimum Gasteiger partial charge on any atom is -0.497 e. The van der Waals surface area contributed by atoms with Crippen LogP contribution in [0.5, 0.6) is 5.75 Å². The second-order valence-corrected chi connectivity index (χ2v) is 13.1. The molecular weight excluding hydrogens is 626 g/mol. The van der Waals surface area contributed by atoms with Crippen molar-refractivity contribution in [3.05, 3.63) is 101 Å². The molecule has 11 heteroatoms. The summed E-state index contributed by atoms with van der Waals surface area (Å²) in [5, 5.41) is 5.62. The van der Waals surface area contributed by atoms with Crippen LogP contribution in [0.4, 0.5) is 5.69 Å². The molecule has 0 aliphatic carbocycles. The molecule has 0 spiro atoms. The Morgan fingerprint density at radius 3 is 2.35 bits per heavy atom. The minimum absolute atomic E-state index is 0.0127. The van der Waals surface area contributed by atoms with E-state index in [0.29, 0.717) is 52.3 Å². The quantitative estimate of drug-likeness (QED) is 0.122. The Bertz CT molecular complexity index is 2020. The van der Waals surface area contributed by atoms with Gasteiger partial charge in [-0.05, 0) is 79.9 Å². The third-order valence-electron chi connectivity index (χ3n) is 7.92. The summed E-state index contributed by atoms with van der Waals surface area (Å²) in [6, 6.07) is 22.8. The van der Waals surface area contributed by atoms with Crippen molar-refractivity contribution < 1.29 is 26.9 Å². The number of hydrogen-bond acceptors (Lipinski definition) is 7. The van der Waals surface area contributed by atoms with E-state index in [2.05, 4.69) is 5.32 Å². The van der Waals surface area contributed by atoms with Gasteiger partial charge in [0.25, 0.3) is 16.0 Å². The fourth-order valence-corrected chi connectivity index (χ4v) is 6.86. The Hall–Kier alpha value is -4.38. The first kappa shape index (κ1) is 33.0. The largest absolute Gasteiger partial charge is 0.497 e. The van der Waals surface area contributed by atoms with Gasteiger partial charge in [-0.3, -0.25) is 18.3 Å². The standard InChI is InChI=1S/C35H36ClN3O6S/c1-23-29(30-21-26(44-4)17-18-32(30)39(23)35(41)24-13-15-25(36)16-14-24)22-34(40)37-19-5-6-20-45-46(42,43)33-12-8-9-27-28(33)10-7-11-31(27)38(2)3/h7-18,21H,5-6,19-20,22H2,1-4H3,(H,37,40). The van der Waals surface area contributed by atoms with Gasteiger partial charge in [0.1, 0.15) is 10.6 Å². The lowest BCUT2D eigenvalue weighted by atomic mass is 10.1. The number of rotatable bonds is 12. The van der Waals surface area contributed by atoms with Gasteiger partial charge in [-0.1, -0.05) is 35.9 Å². The van der Waals surface area contributed by atoms with Gasteiger partial charge in [0.15, 0.2) is 0 Å². The van der Waals surface area contributed by atoms with E-state index in [1.165, 1.54) is 0 Å². The average molecular weight is 662 g/mol. The maximum atomic E-state index is 13.5. The Labute approximate surface area is 273 Å². The molecule has 1 amide bonds. The first-order chi connectivity index (χ1) is 22.0. The van der Waals surface area contributed by atoms with E-state index < -0.39 is 10.1 Å². The molecule has 0 unspecified atom stereocenters. The number of anilines is 1. The van der Waals surface area contributed by atoms with Crippen molar-refractivity contribution in [2.75, 3.05) is 39.3 Å². The Balaban J connectivity index is 1.21. The molecule has 0 saturated heterocycles. The summed E-state index contributed by atoms with van der Waals surface area (Å²) < 4.78 is 38.5. The number of unbranched alkanes of at least 4 members (excludes halogenated alkanes) is 1. The van der Waals surface area contributed by atoms with E-state index in [9.17, 15) is 18.0 Å². The first-order valence-electron chi connectivity index (χ1n) is 14.8. The second-order valence-electron chi connectivity index (χ2n) is 11.1. The van der Waals surface area contributed by atoms with Crippen LogP contribution in [-0.4, -0.2) is 59.2 Å². The number of methoxy groups -OCH3 is 1. The Morgan fingerprint density at radius 1 is 0.913 bits per heavy atom. The topological polar surface area (TPSA) is 107 Å². The third-order valence-corrected chi connectivity index (χ3v) is 9.54. The number of nitrogens with zero attached hydrogens (tertiary/aromatic N) is 2. The summed E-state index contributed by atoms with van der Waals surface area (Å²) in [6.45, 7) is 2.15. The molecule has 0 bridgehead atoms. The summed E-state index contributed by atoms with van der Waals surface area (Å²) in [5.41, 5.74) is 3.43. The lowest BCUT2D eigenvalue weighted by Crippen LogP contribution is -2.26. The number of ether oxygens (including phenoxy) is 1. The molecule has 0 fully saturated rings. The van der Waals surface area contributed by atoms with Crippen LogP contribution in [0.2, 0.25) is 5.02 Å². The minimum atomic E-state index is -3.98. The van der Waals surface area contributed by atoms with Crippen molar-refractivity contribution in [2.45, 2.75) is 31.1 Å². The van der Waals surface area contributed by atoms with Crippen molar-refractivity contribution in [3.8, 4) is 5.75 Å². The molecule has 0 radical (unpaired) electrons. The highest BCUT2D eigenvalue weighted by Crippen LogP contribution is 2.32. The maximum Gasteiger partial charge on any atom is 0.297 e. The molecule has 46 heavy (non-hydrogen) atoms. The second kappa shape index (κ2) is 13.9. The van der Waals surface area contributed by atoms with Crippen LogP contribution in [0, 0.1) is 6.92 Å². The first-order valence-corrected chi connectivity index (χ1v) is 16.6. The number of hydrogen-bond donors (Lipinski definition) is 1. The molecular formula is C35H36ClN3O6S. The predicted molar refractivity (Wildman–Crippen MR) is 182 cm³/mol. The number of nitrogens with one attached hydrogen (secondary N) is 1. The maximum absolute atomic E-state index is 13.5. The normalized spacial score (nSPS) is 11.6. The molecule has 1 N–H and O–H groups in total. The Morgan fingerprint density at radius 2 is 1.63 bits per heavy atom. The highest BCUT2D eigenvalue weighted by molar-refractivity contribution is 7.87. The van der Waals surface area contributed by atoms with Crippen LogP contribution in [0.1, 0.15) is 34.5 Å². The smallest absolute Gasteiger partial charge is 0.297 e. The zero-order valence-corrected chi connectivity index (χ0v) is 27.7.